The van der Waals surface area contributed by atoms with Gasteiger partial charge in [0.2, 0.25) is 0 Å². The summed E-state index contributed by atoms with van der Waals surface area (Å²) >= 11 is -0.410. The fourth-order valence-corrected chi connectivity index (χ4v) is 0.979. The predicted octanol–water partition coefficient (Wildman–Crippen LogP) is 1.28. The second-order valence-electron chi connectivity index (χ2n) is 2.36. The first-order valence-corrected chi connectivity index (χ1v) is 4.66. The molecule has 2 nitrogen and oxygen atoms in total. The Kier molecular flexibility index (Phi) is 3.29. The summed E-state index contributed by atoms with van der Waals surface area (Å²) in [7, 11) is -5.85. The van der Waals surface area contributed by atoms with E-state index in [-0.39, 0.29) is 0 Å². The van der Waals surface area contributed by atoms with Gasteiger partial charge in [-0.1, -0.05) is 0 Å². The molecule has 0 N–H and O–H groups in total. The van der Waals surface area contributed by atoms with Crippen molar-refractivity contribution >= 4 is 24.5 Å². The molecule has 0 saturated carbocycles. The first-order valence-electron chi connectivity index (χ1n) is 2.77. The van der Waals surface area contributed by atoms with Crippen LogP contribution in [0, 0.1) is 0 Å². The molecule has 0 heterocycles. The van der Waals surface area contributed by atoms with Crippen LogP contribution >= 0.6 is 0 Å². The number of alkyl halides is 7. The van der Waals surface area contributed by atoms with Crippen molar-refractivity contribution in [2.45, 2.75) is 17.4 Å². The van der Waals surface area contributed by atoms with E-state index >= 15 is 0 Å². The van der Waals surface area contributed by atoms with Gasteiger partial charge >= 0.3 is 81.0 Å². The molecule has 0 spiro atoms. The van der Waals surface area contributed by atoms with Crippen LogP contribution in [0.25, 0.3) is 0 Å². The van der Waals surface area contributed by atoms with Crippen molar-refractivity contribution in [1.82, 2.24) is 0 Å². The van der Waals surface area contributed by atoms with Gasteiger partial charge in [-0.25, -0.2) is 0 Å². The van der Waals surface area contributed by atoms with Crippen LogP contribution in [-0.4, -0.2) is 42.3 Å². The first-order chi connectivity index (χ1) is 5.75. The van der Waals surface area contributed by atoms with Crippen LogP contribution in [0.3, 0.4) is 0 Å². The Morgan fingerprint density at radius 1 is 0.857 bits per heavy atom. The summed E-state index contributed by atoms with van der Waals surface area (Å²) in [6.07, 6.45) is -6.63. The van der Waals surface area contributed by atoms with Gasteiger partial charge in [-0.2, -0.15) is 0 Å². The summed E-state index contributed by atoms with van der Waals surface area (Å²) in [5, 5.41) is -6.17. The predicted molar refractivity (Wildman–Crippen MR) is 30.6 cm³/mol. The van der Waals surface area contributed by atoms with E-state index in [0.717, 1.165) is 0 Å². The van der Waals surface area contributed by atoms with Crippen molar-refractivity contribution in [2.75, 3.05) is 0 Å². The van der Waals surface area contributed by atoms with Gasteiger partial charge in [-0.05, 0) is 0 Å². The Morgan fingerprint density at radius 2 is 1.14 bits per heavy atom. The summed E-state index contributed by atoms with van der Waals surface area (Å²) in [5.41, 5.74) is 0. The Hall–Kier alpha value is 0.0574. The van der Waals surface area contributed by atoms with E-state index in [2.05, 4.69) is 0 Å². The number of hydrogen-bond acceptors (Lipinski definition) is 2. The second-order valence-corrected chi connectivity index (χ2v) is 4.42. The Labute approximate surface area is 81.5 Å². The molecular formula is C3F7LiO2S. The third kappa shape index (κ3) is 2.01. The molecule has 0 aliphatic carbocycles. The Balaban J connectivity index is 5.54. The zero-order valence-corrected chi connectivity index (χ0v) is 7.19. The molecule has 0 bridgehead atoms. The fraction of sp³-hybridized carbons (Fsp3) is 1.00. The van der Waals surface area contributed by atoms with Crippen LogP contribution in [0.15, 0.2) is 0 Å². The summed E-state index contributed by atoms with van der Waals surface area (Å²) < 4.78 is 102. The van der Waals surface area contributed by atoms with Crippen LogP contribution in [0.4, 0.5) is 30.7 Å². The van der Waals surface area contributed by atoms with Crippen molar-refractivity contribution < 1.29 is 39.2 Å². The zero-order chi connectivity index (χ0) is 12.0. The van der Waals surface area contributed by atoms with Gasteiger partial charge in [0.05, 0.1) is 0 Å². The van der Waals surface area contributed by atoms with Gasteiger partial charge < -0.3 is 0 Å². The minimum atomic E-state index is -6.63. The quantitative estimate of drug-likeness (QED) is 0.538. The van der Waals surface area contributed by atoms with Gasteiger partial charge in [0.25, 0.3) is 0 Å². The molecule has 0 aromatic carbocycles. The van der Waals surface area contributed by atoms with Gasteiger partial charge in [-0.15, -0.1) is 0 Å². The van der Waals surface area contributed by atoms with Crippen molar-refractivity contribution in [1.29, 1.82) is 0 Å². The van der Waals surface area contributed by atoms with E-state index in [9.17, 15) is 39.2 Å². The summed E-state index contributed by atoms with van der Waals surface area (Å²) in [4.78, 5) is 0. The van der Waals surface area contributed by atoms with Crippen molar-refractivity contribution in [3.8, 4) is 0 Å². The molecule has 0 unspecified atom stereocenters. The SMILES string of the molecule is [Li][S](=O)(=O)C(F)(F)C(F)(F)C(F)(F)F. The van der Waals surface area contributed by atoms with Crippen molar-refractivity contribution in [3.05, 3.63) is 0 Å². The standard InChI is InChI=1S/C3F7O2S.Li/c4-1(5,2(6,7)8)3(9,10)13(11)12;. The third-order valence-electron chi connectivity index (χ3n) is 1.19. The molecule has 14 heavy (non-hydrogen) atoms. The molecule has 0 aromatic heterocycles. The molecule has 0 atom stereocenters. The maximum absolute atomic E-state index is 12.1. The van der Waals surface area contributed by atoms with Gasteiger partial charge in [0, 0.05) is 0 Å². The molecule has 11 heteroatoms. The normalized spacial score (nSPS) is 15.8. The van der Waals surface area contributed by atoms with Crippen LogP contribution in [-0.2, 0) is 7.94 Å². The monoisotopic (exact) mass is 240 g/mol. The van der Waals surface area contributed by atoms with Crippen LogP contribution in [0.2, 0.25) is 0 Å². The minimum absolute atomic E-state index is 0.410. The first kappa shape index (κ1) is 14.1. The molecule has 0 amide bonds. The van der Waals surface area contributed by atoms with E-state index in [1.165, 1.54) is 0 Å². The Bertz CT molecular complexity index is 316. The van der Waals surface area contributed by atoms with Crippen molar-refractivity contribution in [3.63, 3.8) is 0 Å². The third-order valence-corrected chi connectivity index (χ3v) is 2.37. The molecule has 0 fully saturated rings. The van der Waals surface area contributed by atoms with E-state index in [0.29, 0.717) is 0 Å². The van der Waals surface area contributed by atoms with Crippen molar-refractivity contribution in [2.24, 2.45) is 0 Å². The number of hydrogen-bond donors (Lipinski definition) is 0. The van der Waals surface area contributed by atoms with E-state index in [1.807, 2.05) is 0 Å². The molecule has 0 saturated heterocycles. The summed E-state index contributed by atoms with van der Waals surface area (Å²) in [5.74, 6) is -6.60. The van der Waals surface area contributed by atoms with Crippen LogP contribution in [0.1, 0.15) is 0 Å². The fourth-order valence-electron chi connectivity index (χ4n) is 0.398. The van der Waals surface area contributed by atoms with Gasteiger partial charge in [0.15, 0.2) is 0 Å². The number of halogens is 7. The molecule has 0 aromatic rings. The molecule has 0 aliphatic rings. The van der Waals surface area contributed by atoms with Gasteiger partial charge in [-0.3, -0.25) is 0 Å². The maximum atomic E-state index is 12.1. The Morgan fingerprint density at radius 3 is 1.21 bits per heavy atom. The topological polar surface area (TPSA) is 34.1 Å². The van der Waals surface area contributed by atoms with Gasteiger partial charge in [0.1, 0.15) is 0 Å². The molecule has 0 aliphatic heterocycles. The summed E-state index contributed by atoms with van der Waals surface area (Å²) in [6.45, 7) is 0. The van der Waals surface area contributed by atoms with Crippen LogP contribution < -0.4 is 0 Å². The summed E-state index contributed by atoms with van der Waals surface area (Å²) in [6, 6.07) is 0. The van der Waals surface area contributed by atoms with E-state index < -0.39 is 41.8 Å². The number of rotatable bonds is 2. The molecular weight excluding hydrogens is 240 g/mol. The average Bonchev–Trinajstić information content (AvgIpc) is 1.81. The second kappa shape index (κ2) is 3.28. The van der Waals surface area contributed by atoms with E-state index in [4.69, 9.17) is 0 Å². The van der Waals surface area contributed by atoms with Crippen LogP contribution in [0.5, 0.6) is 0 Å². The average molecular weight is 240 g/mol. The zero-order valence-electron chi connectivity index (χ0n) is 6.37. The van der Waals surface area contributed by atoms with E-state index in [1.54, 1.807) is 0 Å². The molecule has 0 radical (unpaired) electrons. The molecule has 0 rings (SSSR count). The molecule has 80 valence electrons.